The molecule has 168 valence electrons. The third-order valence-electron chi connectivity index (χ3n) is 4.11. The molecule has 0 spiro atoms. The summed E-state index contributed by atoms with van der Waals surface area (Å²) >= 11 is 12.4. The van der Waals surface area contributed by atoms with E-state index in [1.54, 1.807) is 0 Å². The molecule has 0 aliphatic carbocycles. The van der Waals surface area contributed by atoms with Gasteiger partial charge in [0, 0.05) is 13.1 Å². The second-order valence-electron chi connectivity index (χ2n) is 7.80. The van der Waals surface area contributed by atoms with Gasteiger partial charge in [-0.3, -0.25) is 4.79 Å². The topological polar surface area (TPSA) is 96.9 Å². The zero-order valence-corrected chi connectivity index (χ0v) is 19.4. The van der Waals surface area contributed by atoms with Crippen LogP contribution >= 0.6 is 23.2 Å². The SMILES string of the molecule is COC(=O)c1cc(Cl)c(NCc2ccc(CNCC(=O)OC(C)(C)C)cc2)c(Cl)c1O. The van der Waals surface area contributed by atoms with Crippen LogP contribution in [0.2, 0.25) is 10.0 Å². The normalized spacial score (nSPS) is 11.2. The lowest BCUT2D eigenvalue weighted by atomic mass is 10.1. The summed E-state index contributed by atoms with van der Waals surface area (Å²) < 4.78 is 9.85. The molecule has 0 atom stereocenters. The number of carbonyl (C=O) groups excluding carboxylic acids is 2. The van der Waals surface area contributed by atoms with Gasteiger partial charge < -0.3 is 25.2 Å². The van der Waals surface area contributed by atoms with Crippen LogP contribution in [0.25, 0.3) is 0 Å². The van der Waals surface area contributed by atoms with E-state index in [9.17, 15) is 14.7 Å². The molecule has 0 radical (unpaired) electrons. The molecule has 0 aliphatic heterocycles. The molecular formula is C22H26Cl2N2O5. The van der Waals surface area contributed by atoms with Crippen LogP contribution < -0.4 is 10.6 Å². The minimum Gasteiger partial charge on any atom is -0.505 e. The Morgan fingerprint density at radius 2 is 1.65 bits per heavy atom. The lowest BCUT2D eigenvalue weighted by Gasteiger charge is -2.19. The summed E-state index contributed by atoms with van der Waals surface area (Å²) in [6.45, 7) is 6.52. The number of carbonyl (C=O) groups is 2. The molecule has 2 aromatic rings. The van der Waals surface area contributed by atoms with E-state index in [0.29, 0.717) is 18.8 Å². The molecule has 0 aromatic heterocycles. The highest BCUT2D eigenvalue weighted by molar-refractivity contribution is 6.40. The number of esters is 2. The van der Waals surface area contributed by atoms with E-state index in [1.165, 1.54) is 13.2 Å². The highest BCUT2D eigenvalue weighted by atomic mass is 35.5. The Hall–Kier alpha value is -2.48. The Kier molecular flexibility index (Phi) is 8.56. The van der Waals surface area contributed by atoms with Crippen molar-refractivity contribution in [2.45, 2.75) is 39.5 Å². The van der Waals surface area contributed by atoms with Crippen LogP contribution in [0.5, 0.6) is 5.75 Å². The maximum atomic E-state index is 11.7. The Labute approximate surface area is 191 Å². The first-order valence-electron chi connectivity index (χ1n) is 9.55. The molecule has 0 saturated heterocycles. The summed E-state index contributed by atoms with van der Waals surface area (Å²) in [5.41, 5.74) is 1.65. The molecule has 2 aromatic carbocycles. The van der Waals surface area contributed by atoms with Crippen molar-refractivity contribution in [1.29, 1.82) is 0 Å². The van der Waals surface area contributed by atoms with Crippen molar-refractivity contribution < 1.29 is 24.2 Å². The monoisotopic (exact) mass is 468 g/mol. The van der Waals surface area contributed by atoms with Crippen LogP contribution in [0, 0.1) is 0 Å². The highest BCUT2D eigenvalue weighted by Crippen LogP contribution is 2.40. The average molecular weight is 469 g/mol. The van der Waals surface area contributed by atoms with Crippen molar-refractivity contribution >= 4 is 40.8 Å². The van der Waals surface area contributed by atoms with Gasteiger partial charge in [-0.25, -0.2) is 4.79 Å². The summed E-state index contributed by atoms with van der Waals surface area (Å²) in [7, 11) is 1.20. The third kappa shape index (κ3) is 7.31. The number of phenols is 1. The minimum absolute atomic E-state index is 0.0594. The number of halogens is 2. The van der Waals surface area contributed by atoms with Gasteiger partial charge in [-0.1, -0.05) is 47.5 Å². The third-order valence-corrected chi connectivity index (χ3v) is 4.77. The number of aromatic hydroxyl groups is 1. The first-order valence-corrected chi connectivity index (χ1v) is 10.3. The standard InChI is InChI=1S/C22H26Cl2N2O5/c1-22(2,3)31-17(27)12-25-10-13-5-7-14(8-6-13)11-26-19-16(23)9-15(21(29)30-4)20(28)18(19)24/h5-9,25-26,28H,10-12H2,1-4H3. The van der Waals surface area contributed by atoms with Crippen molar-refractivity contribution in [2.24, 2.45) is 0 Å². The fourth-order valence-electron chi connectivity index (χ4n) is 2.69. The molecule has 2 rings (SSSR count). The molecular weight excluding hydrogens is 443 g/mol. The Morgan fingerprint density at radius 3 is 2.19 bits per heavy atom. The van der Waals surface area contributed by atoms with Crippen LogP contribution in [0.1, 0.15) is 42.3 Å². The van der Waals surface area contributed by atoms with Gasteiger partial charge in [0.2, 0.25) is 0 Å². The van der Waals surface area contributed by atoms with Crippen LogP contribution in [0.4, 0.5) is 5.69 Å². The van der Waals surface area contributed by atoms with Gasteiger partial charge in [-0.2, -0.15) is 0 Å². The molecule has 0 aliphatic rings. The van der Waals surface area contributed by atoms with Crippen molar-refractivity contribution in [3.05, 3.63) is 57.1 Å². The highest BCUT2D eigenvalue weighted by Gasteiger charge is 2.20. The lowest BCUT2D eigenvalue weighted by Crippen LogP contribution is -2.31. The zero-order chi connectivity index (χ0) is 23.2. The number of rotatable bonds is 8. The maximum absolute atomic E-state index is 11.7. The predicted molar refractivity (Wildman–Crippen MR) is 121 cm³/mol. The largest absolute Gasteiger partial charge is 0.505 e. The number of nitrogens with one attached hydrogen (secondary N) is 2. The molecule has 7 nitrogen and oxygen atoms in total. The summed E-state index contributed by atoms with van der Waals surface area (Å²) in [5, 5.41) is 16.4. The molecule has 0 unspecified atom stereocenters. The quantitative estimate of drug-likeness (QED) is 0.489. The molecule has 0 fully saturated rings. The number of benzene rings is 2. The number of phenolic OH excluding ortho intramolecular Hbond substituents is 1. The van der Waals surface area contributed by atoms with Crippen LogP contribution in [-0.2, 0) is 27.4 Å². The summed E-state index contributed by atoms with van der Waals surface area (Å²) in [4.78, 5) is 23.4. The number of hydrogen-bond donors (Lipinski definition) is 3. The van der Waals surface area contributed by atoms with Crippen molar-refractivity contribution in [1.82, 2.24) is 5.32 Å². The average Bonchev–Trinajstić information content (AvgIpc) is 2.69. The number of methoxy groups -OCH3 is 1. The molecule has 0 heterocycles. The van der Waals surface area contributed by atoms with Crippen LogP contribution in [0.3, 0.4) is 0 Å². The summed E-state index contributed by atoms with van der Waals surface area (Å²) in [5.74, 6) is -1.43. The smallest absolute Gasteiger partial charge is 0.341 e. The van der Waals surface area contributed by atoms with Crippen molar-refractivity contribution in [3.63, 3.8) is 0 Å². The fourth-order valence-corrected chi connectivity index (χ4v) is 3.28. The maximum Gasteiger partial charge on any atom is 0.341 e. The van der Waals surface area contributed by atoms with Gasteiger partial charge in [0.1, 0.15) is 16.2 Å². The Balaban J connectivity index is 1.93. The molecule has 3 N–H and O–H groups in total. The van der Waals surface area contributed by atoms with Gasteiger partial charge in [0.15, 0.2) is 5.75 Å². The first kappa shape index (κ1) is 24.8. The lowest BCUT2D eigenvalue weighted by molar-refractivity contribution is -0.153. The van der Waals surface area contributed by atoms with E-state index in [0.717, 1.165) is 11.1 Å². The van der Waals surface area contributed by atoms with E-state index >= 15 is 0 Å². The number of anilines is 1. The molecule has 9 heteroatoms. The first-order chi connectivity index (χ1) is 14.5. The molecule has 31 heavy (non-hydrogen) atoms. The van der Waals surface area contributed by atoms with E-state index in [1.807, 2.05) is 45.0 Å². The van der Waals surface area contributed by atoms with Gasteiger partial charge >= 0.3 is 11.9 Å². The van der Waals surface area contributed by atoms with Gasteiger partial charge in [-0.15, -0.1) is 0 Å². The summed E-state index contributed by atoms with van der Waals surface area (Å²) in [6.07, 6.45) is 0. The molecule has 0 bridgehead atoms. The summed E-state index contributed by atoms with van der Waals surface area (Å²) in [6, 6.07) is 9.00. The van der Waals surface area contributed by atoms with Crippen LogP contribution in [-0.4, -0.2) is 36.3 Å². The second-order valence-corrected chi connectivity index (χ2v) is 8.58. The Morgan fingerprint density at radius 1 is 1.06 bits per heavy atom. The van der Waals surface area contributed by atoms with Gasteiger partial charge in [0.25, 0.3) is 0 Å². The van der Waals surface area contributed by atoms with E-state index in [2.05, 4.69) is 15.4 Å². The number of ether oxygens (including phenoxy) is 2. The molecule has 0 saturated carbocycles. The van der Waals surface area contributed by atoms with E-state index < -0.39 is 17.3 Å². The number of hydrogen-bond acceptors (Lipinski definition) is 7. The van der Waals surface area contributed by atoms with Crippen LogP contribution in [0.15, 0.2) is 30.3 Å². The predicted octanol–water partition coefficient (Wildman–Crippen LogP) is 4.53. The molecule has 0 amide bonds. The van der Waals surface area contributed by atoms with Gasteiger partial charge in [-0.05, 0) is 38.0 Å². The van der Waals surface area contributed by atoms with Gasteiger partial charge in [0.05, 0.1) is 24.4 Å². The van der Waals surface area contributed by atoms with Crippen molar-refractivity contribution in [2.75, 3.05) is 19.0 Å². The zero-order valence-electron chi connectivity index (χ0n) is 17.8. The van der Waals surface area contributed by atoms with Crippen molar-refractivity contribution in [3.8, 4) is 5.75 Å². The Bertz CT molecular complexity index is 940. The van der Waals surface area contributed by atoms with E-state index in [-0.39, 0.29) is 28.1 Å². The second kappa shape index (κ2) is 10.7. The fraction of sp³-hybridized carbons (Fsp3) is 0.364. The minimum atomic E-state index is -0.733. The van der Waals surface area contributed by atoms with E-state index in [4.69, 9.17) is 27.9 Å².